The maximum absolute atomic E-state index is 13.4. The number of carbonyl (C=O) groups is 1. The summed E-state index contributed by atoms with van der Waals surface area (Å²) in [6.07, 6.45) is 1.22. The standard InChI is InChI=1S/C28H28Cl2N2O5/c1-15(33)32-22-9-6-16-11-25(35-2)27(36-3)28(37-4)26(16)19-8-10-23(24(34)13-20(19)22)31-14-17-5-7-18(29)12-21(17)30/h5,7-8,10-13,22H,6,9,14H2,1-4H3,(H,31,34)(H,32,33)/t22-/m0/s1. The van der Waals surface area contributed by atoms with Crippen LogP contribution >= 0.6 is 23.2 Å². The molecule has 37 heavy (non-hydrogen) atoms. The second-order valence-electron chi connectivity index (χ2n) is 8.69. The van der Waals surface area contributed by atoms with Crippen LogP contribution < -0.4 is 30.3 Å². The lowest BCUT2D eigenvalue weighted by molar-refractivity contribution is -0.119. The van der Waals surface area contributed by atoms with Crippen molar-refractivity contribution >= 4 is 34.8 Å². The van der Waals surface area contributed by atoms with Crippen molar-refractivity contribution in [2.45, 2.75) is 32.4 Å². The third kappa shape index (κ3) is 5.48. The SMILES string of the molecule is COc1cc2c(c(OC)c1OC)-c1ccc(NCc3ccc(Cl)cc3Cl)c(=O)cc1[C@@H](NC(C)=O)CC2. The van der Waals surface area contributed by atoms with Crippen LogP contribution in [0, 0.1) is 0 Å². The number of fused-ring (bicyclic) bond motifs is 3. The molecular formula is C28H28Cl2N2O5. The van der Waals surface area contributed by atoms with Crippen molar-refractivity contribution in [1.29, 1.82) is 0 Å². The van der Waals surface area contributed by atoms with Crippen molar-refractivity contribution in [3.63, 3.8) is 0 Å². The highest BCUT2D eigenvalue weighted by Crippen LogP contribution is 2.50. The lowest BCUT2D eigenvalue weighted by atomic mass is 9.95. The zero-order valence-electron chi connectivity index (χ0n) is 21.0. The summed E-state index contributed by atoms with van der Waals surface area (Å²) in [6, 6.07) is 12.0. The molecule has 9 heteroatoms. The number of ether oxygens (including phenoxy) is 3. The van der Waals surface area contributed by atoms with Gasteiger partial charge in [0.1, 0.15) is 0 Å². The van der Waals surface area contributed by atoms with Gasteiger partial charge in [-0.2, -0.15) is 0 Å². The fourth-order valence-corrected chi connectivity index (χ4v) is 5.18. The molecule has 0 heterocycles. The molecule has 0 unspecified atom stereocenters. The normalized spacial score (nSPS) is 14.1. The van der Waals surface area contributed by atoms with Crippen LogP contribution in [-0.2, 0) is 17.8 Å². The van der Waals surface area contributed by atoms with Gasteiger partial charge in [-0.25, -0.2) is 0 Å². The van der Waals surface area contributed by atoms with Crippen molar-refractivity contribution in [3.8, 4) is 28.4 Å². The van der Waals surface area contributed by atoms with Gasteiger partial charge in [0.15, 0.2) is 11.5 Å². The summed E-state index contributed by atoms with van der Waals surface area (Å²) < 4.78 is 17.0. The molecular weight excluding hydrogens is 515 g/mol. The van der Waals surface area contributed by atoms with E-state index in [1.54, 1.807) is 45.6 Å². The Kier molecular flexibility index (Phi) is 8.15. The summed E-state index contributed by atoms with van der Waals surface area (Å²) in [5.41, 5.74) is 4.19. The minimum Gasteiger partial charge on any atom is -0.493 e. The van der Waals surface area contributed by atoms with Crippen LogP contribution in [0.25, 0.3) is 11.1 Å². The van der Waals surface area contributed by atoms with Gasteiger partial charge in [0.25, 0.3) is 0 Å². The second kappa shape index (κ2) is 11.3. The monoisotopic (exact) mass is 542 g/mol. The fourth-order valence-electron chi connectivity index (χ4n) is 4.71. The second-order valence-corrected chi connectivity index (χ2v) is 9.53. The summed E-state index contributed by atoms with van der Waals surface area (Å²) >= 11 is 12.3. The minimum absolute atomic E-state index is 0.182. The maximum Gasteiger partial charge on any atom is 0.217 e. The lowest BCUT2D eigenvalue weighted by Crippen LogP contribution is -2.26. The Morgan fingerprint density at radius 1 is 1.00 bits per heavy atom. The Balaban J connectivity index is 1.89. The zero-order valence-corrected chi connectivity index (χ0v) is 22.5. The van der Waals surface area contributed by atoms with Crippen molar-refractivity contribution < 1.29 is 19.0 Å². The van der Waals surface area contributed by atoms with Crippen LogP contribution in [0.5, 0.6) is 17.2 Å². The number of amides is 1. The summed E-state index contributed by atoms with van der Waals surface area (Å²) in [7, 11) is 4.69. The van der Waals surface area contributed by atoms with Crippen molar-refractivity contribution in [2.75, 3.05) is 26.6 Å². The van der Waals surface area contributed by atoms with E-state index in [2.05, 4.69) is 10.6 Å². The topological polar surface area (TPSA) is 85.9 Å². The number of nitrogens with one attached hydrogen (secondary N) is 2. The van der Waals surface area contributed by atoms with E-state index in [9.17, 15) is 9.59 Å². The molecule has 0 radical (unpaired) electrons. The molecule has 7 nitrogen and oxygen atoms in total. The fraction of sp³-hybridized carbons (Fsp3) is 0.286. The molecule has 0 spiro atoms. The molecule has 1 amide bonds. The van der Waals surface area contributed by atoms with Crippen LogP contribution in [-0.4, -0.2) is 27.2 Å². The average molecular weight is 543 g/mol. The first kappa shape index (κ1) is 26.6. The molecule has 0 saturated heterocycles. The number of rotatable bonds is 7. The quantitative estimate of drug-likeness (QED) is 0.393. The molecule has 1 aliphatic carbocycles. The zero-order chi connectivity index (χ0) is 26.7. The van der Waals surface area contributed by atoms with Crippen molar-refractivity contribution in [2.24, 2.45) is 0 Å². The van der Waals surface area contributed by atoms with E-state index in [-0.39, 0.29) is 17.4 Å². The molecule has 0 fully saturated rings. The Bertz CT molecular complexity index is 1410. The van der Waals surface area contributed by atoms with Gasteiger partial charge >= 0.3 is 0 Å². The summed E-state index contributed by atoms with van der Waals surface area (Å²) in [5.74, 6) is 1.32. The van der Waals surface area contributed by atoms with E-state index in [1.165, 1.54) is 6.92 Å². The van der Waals surface area contributed by atoms with Gasteiger partial charge < -0.3 is 24.8 Å². The van der Waals surface area contributed by atoms with Gasteiger partial charge in [-0.3, -0.25) is 9.59 Å². The lowest BCUT2D eigenvalue weighted by Gasteiger charge is -2.19. The first-order chi connectivity index (χ1) is 17.8. The third-order valence-corrected chi connectivity index (χ3v) is 6.99. The molecule has 0 bridgehead atoms. The van der Waals surface area contributed by atoms with Crippen LogP contribution in [0.4, 0.5) is 5.69 Å². The predicted octanol–water partition coefficient (Wildman–Crippen LogP) is 5.78. The first-order valence-electron chi connectivity index (χ1n) is 11.7. The van der Waals surface area contributed by atoms with Gasteiger partial charge in [-0.05, 0) is 65.4 Å². The molecule has 0 aromatic heterocycles. The highest BCUT2D eigenvalue weighted by Gasteiger charge is 2.29. The molecule has 1 atom stereocenters. The summed E-state index contributed by atoms with van der Waals surface area (Å²) in [5, 5.41) is 7.25. The highest BCUT2D eigenvalue weighted by atomic mass is 35.5. The van der Waals surface area contributed by atoms with Crippen LogP contribution in [0.2, 0.25) is 10.0 Å². The van der Waals surface area contributed by atoms with Gasteiger partial charge in [0.05, 0.1) is 33.1 Å². The molecule has 0 aliphatic heterocycles. The Hall–Kier alpha value is -3.42. The smallest absolute Gasteiger partial charge is 0.217 e. The molecule has 3 aromatic rings. The molecule has 2 N–H and O–H groups in total. The van der Waals surface area contributed by atoms with E-state index in [1.807, 2.05) is 18.2 Å². The minimum atomic E-state index is -0.375. The predicted molar refractivity (Wildman–Crippen MR) is 146 cm³/mol. The van der Waals surface area contributed by atoms with E-state index < -0.39 is 0 Å². The molecule has 194 valence electrons. The molecule has 1 aliphatic rings. The number of hydrogen-bond donors (Lipinski definition) is 2. The Morgan fingerprint density at radius 2 is 1.76 bits per heavy atom. The van der Waals surface area contributed by atoms with Crippen LogP contribution in [0.15, 0.2) is 47.3 Å². The first-order valence-corrected chi connectivity index (χ1v) is 12.5. The van der Waals surface area contributed by atoms with Crippen molar-refractivity contribution in [3.05, 3.63) is 79.4 Å². The van der Waals surface area contributed by atoms with Gasteiger partial charge in [0, 0.05) is 29.1 Å². The van der Waals surface area contributed by atoms with E-state index in [4.69, 9.17) is 37.4 Å². The van der Waals surface area contributed by atoms with Crippen LogP contribution in [0.1, 0.15) is 36.1 Å². The molecule has 0 saturated carbocycles. The number of benzene rings is 2. The largest absolute Gasteiger partial charge is 0.493 e. The number of hydrogen-bond acceptors (Lipinski definition) is 6. The number of halogens is 2. The maximum atomic E-state index is 13.4. The van der Waals surface area contributed by atoms with Gasteiger partial charge in [-0.1, -0.05) is 35.3 Å². The van der Waals surface area contributed by atoms with E-state index in [0.29, 0.717) is 57.9 Å². The van der Waals surface area contributed by atoms with E-state index in [0.717, 1.165) is 22.3 Å². The van der Waals surface area contributed by atoms with E-state index >= 15 is 0 Å². The molecule has 3 aromatic carbocycles. The Labute approximate surface area is 225 Å². The highest BCUT2D eigenvalue weighted by molar-refractivity contribution is 6.35. The Morgan fingerprint density at radius 3 is 2.41 bits per heavy atom. The summed E-state index contributed by atoms with van der Waals surface area (Å²) in [4.78, 5) is 25.5. The van der Waals surface area contributed by atoms with Crippen molar-refractivity contribution in [1.82, 2.24) is 5.32 Å². The third-order valence-electron chi connectivity index (χ3n) is 6.40. The van der Waals surface area contributed by atoms with Crippen LogP contribution in [0.3, 0.4) is 0 Å². The number of anilines is 1. The molecule has 4 rings (SSSR count). The number of carbonyl (C=O) groups excluding carboxylic acids is 1. The summed E-state index contributed by atoms with van der Waals surface area (Å²) in [6.45, 7) is 1.80. The van der Waals surface area contributed by atoms with Gasteiger partial charge in [0.2, 0.25) is 17.1 Å². The average Bonchev–Trinajstić information content (AvgIpc) is 3.11. The number of aryl methyl sites for hydroxylation is 1. The number of methoxy groups -OCH3 is 3. The van der Waals surface area contributed by atoms with Gasteiger partial charge in [-0.15, -0.1) is 0 Å².